The zero-order valence-corrected chi connectivity index (χ0v) is 13.3. The number of sulfonamides is 1. The summed E-state index contributed by atoms with van der Waals surface area (Å²) in [6, 6.07) is 4.95. The maximum Gasteiger partial charge on any atom is 0.243 e. The molecule has 1 aromatic carbocycles. The molecule has 0 aliphatic carbocycles. The zero-order chi connectivity index (χ0) is 15.7. The number of nitrogens with zero attached hydrogens (tertiary/aromatic N) is 3. The van der Waals surface area contributed by atoms with E-state index >= 15 is 0 Å². The molecule has 0 unspecified atom stereocenters. The molecule has 1 aromatic rings. The molecular weight excluding hydrogens is 306 g/mol. The Bertz CT molecular complexity index is 669. The summed E-state index contributed by atoms with van der Waals surface area (Å²) in [6.07, 6.45) is 0.759. The summed E-state index contributed by atoms with van der Waals surface area (Å²) in [5, 5.41) is 0. The topological polar surface area (TPSA) is 70.2 Å². The zero-order valence-electron chi connectivity index (χ0n) is 12.4. The monoisotopic (exact) mass is 325 g/mol. The van der Waals surface area contributed by atoms with E-state index in [1.54, 1.807) is 23.1 Å². The number of amides is 1. The summed E-state index contributed by atoms with van der Waals surface area (Å²) in [6.45, 7) is 2.83. The van der Waals surface area contributed by atoms with E-state index in [0.29, 0.717) is 38.5 Å². The number of anilines is 1. The molecule has 8 heteroatoms. The Morgan fingerprint density at radius 1 is 1.14 bits per heavy atom. The molecule has 0 aromatic heterocycles. The summed E-state index contributed by atoms with van der Waals surface area (Å²) >= 11 is 0. The molecule has 2 aliphatic rings. The van der Waals surface area contributed by atoms with Gasteiger partial charge in [-0.25, -0.2) is 8.42 Å². The lowest BCUT2D eigenvalue weighted by Crippen LogP contribution is -2.48. The van der Waals surface area contributed by atoms with Crippen LogP contribution >= 0.6 is 0 Å². The van der Waals surface area contributed by atoms with E-state index in [-0.39, 0.29) is 4.90 Å². The normalized spacial score (nSPS) is 19.5. The minimum Gasteiger partial charge on any atom is -0.490 e. The summed E-state index contributed by atoms with van der Waals surface area (Å²) < 4.78 is 32.4. The maximum atomic E-state index is 12.7. The van der Waals surface area contributed by atoms with Crippen LogP contribution in [0.1, 0.15) is 0 Å². The highest BCUT2D eigenvalue weighted by Gasteiger charge is 2.29. The van der Waals surface area contributed by atoms with Crippen LogP contribution in [-0.4, -0.2) is 70.4 Å². The lowest BCUT2D eigenvalue weighted by molar-refractivity contribution is -0.119. The SMILES string of the molecule is CN1CCOc2ccc(S(=O)(=O)N3CCN(C=O)CC3)cc21. The molecule has 1 fully saturated rings. The molecule has 2 aliphatic heterocycles. The fourth-order valence-electron chi connectivity index (χ4n) is 2.69. The molecule has 3 rings (SSSR count). The van der Waals surface area contributed by atoms with Crippen LogP contribution in [0.2, 0.25) is 0 Å². The Hall–Kier alpha value is -1.80. The molecule has 22 heavy (non-hydrogen) atoms. The number of rotatable bonds is 3. The molecule has 2 heterocycles. The summed E-state index contributed by atoms with van der Waals surface area (Å²) in [5.74, 6) is 0.707. The van der Waals surface area contributed by atoms with Gasteiger partial charge in [-0.15, -0.1) is 0 Å². The van der Waals surface area contributed by atoms with Crippen molar-refractivity contribution in [2.75, 3.05) is 51.3 Å². The first-order valence-corrected chi connectivity index (χ1v) is 8.64. The van der Waals surface area contributed by atoms with Crippen LogP contribution in [-0.2, 0) is 14.8 Å². The number of ether oxygens (including phenoxy) is 1. The van der Waals surface area contributed by atoms with Crippen LogP contribution in [0.3, 0.4) is 0 Å². The van der Waals surface area contributed by atoms with E-state index in [1.807, 2.05) is 11.9 Å². The van der Waals surface area contributed by atoms with Crippen LogP contribution in [0.5, 0.6) is 5.75 Å². The van der Waals surface area contributed by atoms with Crippen molar-refractivity contribution in [3.8, 4) is 5.75 Å². The lowest BCUT2D eigenvalue weighted by atomic mass is 10.2. The van der Waals surface area contributed by atoms with E-state index in [9.17, 15) is 13.2 Å². The number of piperazine rings is 1. The number of benzene rings is 1. The Morgan fingerprint density at radius 2 is 1.86 bits per heavy atom. The van der Waals surface area contributed by atoms with E-state index in [0.717, 1.165) is 18.6 Å². The molecule has 0 bridgehead atoms. The second kappa shape index (κ2) is 5.77. The van der Waals surface area contributed by atoms with Crippen LogP contribution < -0.4 is 9.64 Å². The highest BCUT2D eigenvalue weighted by Crippen LogP contribution is 2.33. The molecular formula is C14H19N3O4S. The van der Waals surface area contributed by atoms with E-state index < -0.39 is 10.0 Å². The van der Waals surface area contributed by atoms with Gasteiger partial charge in [0.25, 0.3) is 0 Å². The van der Waals surface area contributed by atoms with Crippen molar-refractivity contribution in [2.45, 2.75) is 4.90 Å². The Balaban J connectivity index is 1.87. The number of likely N-dealkylation sites (N-methyl/N-ethyl adjacent to an activating group) is 1. The van der Waals surface area contributed by atoms with Crippen molar-refractivity contribution in [1.29, 1.82) is 0 Å². The molecule has 0 atom stereocenters. The van der Waals surface area contributed by atoms with Gasteiger partial charge in [-0.05, 0) is 18.2 Å². The van der Waals surface area contributed by atoms with Crippen molar-refractivity contribution < 1.29 is 17.9 Å². The average molecular weight is 325 g/mol. The maximum absolute atomic E-state index is 12.7. The first-order chi connectivity index (χ1) is 10.5. The van der Waals surface area contributed by atoms with Crippen molar-refractivity contribution >= 4 is 22.1 Å². The first kappa shape index (κ1) is 15.1. The molecule has 0 N–H and O–H groups in total. The molecule has 1 saturated heterocycles. The Kier molecular flexibility index (Phi) is 3.96. The molecule has 120 valence electrons. The largest absolute Gasteiger partial charge is 0.490 e. The number of fused-ring (bicyclic) bond motifs is 1. The third-order valence-electron chi connectivity index (χ3n) is 4.09. The molecule has 0 radical (unpaired) electrons. The highest BCUT2D eigenvalue weighted by atomic mass is 32.2. The van der Waals surface area contributed by atoms with Gasteiger partial charge < -0.3 is 14.5 Å². The van der Waals surface area contributed by atoms with Gasteiger partial charge >= 0.3 is 0 Å². The van der Waals surface area contributed by atoms with E-state index in [4.69, 9.17) is 4.74 Å². The molecule has 1 amide bonds. The average Bonchev–Trinajstić information content (AvgIpc) is 2.55. The predicted molar refractivity (Wildman–Crippen MR) is 81.6 cm³/mol. The first-order valence-electron chi connectivity index (χ1n) is 7.20. The number of hydrogen-bond acceptors (Lipinski definition) is 5. The van der Waals surface area contributed by atoms with Gasteiger partial charge in [0.2, 0.25) is 16.4 Å². The van der Waals surface area contributed by atoms with Gasteiger partial charge in [-0.1, -0.05) is 0 Å². The second-order valence-corrected chi connectivity index (χ2v) is 7.38. The van der Waals surface area contributed by atoms with Gasteiger partial charge in [0, 0.05) is 33.2 Å². The van der Waals surface area contributed by atoms with Gasteiger partial charge in [0.1, 0.15) is 12.4 Å². The summed E-state index contributed by atoms with van der Waals surface area (Å²) in [4.78, 5) is 14.6. The summed E-state index contributed by atoms with van der Waals surface area (Å²) in [5.41, 5.74) is 0.791. The molecule has 7 nitrogen and oxygen atoms in total. The molecule has 0 spiro atoms. The van der Waals surface area contributed by atoms with E-state index in [1.165, 1.54) is 4.31 Å². The predicted octanol–water partition coefficient (Wildman–Crippen LogP) is -0.0221. The number of hydrogen-bond donors (Lipinski definition) is 0. The minimum absolute atomic E-state index is 0.267. The third kappa shape index (κ3) is 2.64. The fraction of sp³-hybridized carbons (Fsp3) is 0.500. The van der Waals surface area contributed by atoms with Crippen molar-refractivity contribution in [2.24, 2.45) is 0 Å². The quantitative estimate of drug-likeness (QED) is 0.731. The second-order valence-electron chi connectivity index (χ2n) is 5.45. The van der Waals surface area contributed by atoms with Gasteiger partial charge in [-0.2, -0.15) is 4.31 Å². The smallest absolute Gasteiger partial charge is 0.243 e. The standard InChI is InChI=1S/C14H19N3O4S/c1-15-8-9-21-14-3-2-12(10-13(14)15)22(19,20)17-6-4-16(11-18)5-7-17/h2-3,10-11H,4-9H2,1H3. The van der Waals surface area contributed by atoms with Crippen molar-refractivity contribution in [3.05, 3.63) is 18.2 Å². The van der Waals surface area contributed by atoms with Crippen LogP contribution in [0.4, 0.5) is 5.69 Å². The minimum atomic E-state index is -3.54. The van der Waals surface area contributed by atoms with Crippen LogP contribution in [0.15, 0.2) is 23.1 Å². The van der Waals surface area contributed by atoms with Crippen molar-refractivity contribution in [3.63, 3.8) is 0 Å². The number of carbonyl (C=O) groups is 1. The van der Waals surface area contributed by atoms with Gasteiger partial charge in [-0.3, -0.25) is 4.79 Å². The van der Waals surface area contributed by atoms with Gasteiger partial charge in [0.15, 0.2) is 0 Å². The Morgan fingerprint density at radius 3 is 2.55 bits per heavy atom. The Labute approximate surface area is 130 Å². The highest BCUT2D eigenvalue weighted by molar-refractivity contribution is 7.89. The molecule has 0 saturated carbocycles. The van der Waals surface area contributed by atoms with Gasteiger partial charge in [0.05, 0.1) is 17.1 Å². The third-order valence-corrected chi connectivity index (χ3v) is 5.98. The van der Waals surface area contributed by atoms with Crippen LogP contribution in [0, 0.1) is 0 Å². The van der Waals surface area contributed by atoms with Crippen LogP contribution in [0.25, 0.3) is 0 Å². The number of carbonyl (C=O) groups excluding carboxylic acids is 1. The van der Waals surface area contributed by atoms with Crippen molar-refractivity contribution in [1.82, 2.24) is 9.21 Å². The fourth-order valence-corrected chi connectivity index (χ4v) is 4.13. The lowest BCUT2D eigenvalue weighted by Gasteiger charge is -2.32. The van der Waals surface area contributed by atoms with E-state index in [2.05, 4.69) is 0 Å². The summed E-state index contributed by atoms with van der Waals surface area (Å²) in [7, 11) is -1.62.